The van der Waals surface area contributed by atoms with Crippen molar-refractivity contribution in [1.29, 1.82) is 0 Å². The Morgan fingerprint density at radius 2 is 1.74 bits per heavy atom. The highest BCUT2D eigenvalue weighted by Gasteiger charge is 2.21. The predicted octanol–water partition coefficient (Wildman–Crippen LogP) is 5.27. The lowest BCUT2D eigenvalue weighted by atomic mass is 10.0. The summed E-state index contributed by atoms with van der Waals surface area (Å²) < 4.78 is 28.6. The second kappa shape index (κ2) is 15.0. The van der Waals surface area contributed by atoms with E-state index in [0.717, 1.165) is 34.2 Å². The molecule has 4 N–H and O–H groups in total. The third kappa shape index (κ3) is 8.56. The van der Waals surface area contributed by atoms with Gasteiger partial charge in [-0.3, -0.25) is 4.79 Å². The summed E-state index contributed by atoms with van der Waals surface area (Å²) in [6.07, 6.45) is 1.92. The van der Waals surface area contributed by atoms with Gasteiger partial charge >= 0.3 is 0 Å². The molecule has 0 bridgehead atoms. The van der Waals surface area contributed by atoms with E-state index >= 15 is 0 Å². The summed E-state index contributed by atoms with van der Waals surface area (Å²) in [5.41, 5.74) is 5.07. The Balaban J connectivity index is 0.00000484. The number of halogens is 2. The first-order valence-electron chi connectivity index (χ1n) is 13.6. The Hall–Kier alpha value is -2.92. The minimum absolute atomic E-state index is 0. The van der Waals surface area contributed by atoms with Crippen LogP contribution in [0.15, 0.2) is 72.9 Å². The maximum atomic E-state index is 12.9. The first kappa shape index (κ1) is 33.6. The van der Waals surface area contributed by atoms with Gasteiger partial charge in [-0.05, 0) is 73.7 Å². The van der Waals surface area contributed by atoms with Gasteiger partial charge in [0.25, 0.3) is 5.91 Å². The maximum Gasteiger partial charge on any atom is 0.266 e. The molecule has 11 heteroatoms. The third-order valence-electron chi connectivity index (χ3n) is 6.90. The van der Waals surface area contributed by atoms with E-state index in [-0.39, 0.29) is 42.8 Å². The first-order valence-corrected chi connectivity index (χ1v) is 15.6. The minimum Gasteiger partial charge on any atom is -0.396 e. The van der Waals surface area contributed by atoms with Crippen LogP contribution < -0.4 is 10.0 Å². The summed E-state index contributed by atoms with van der Waals surface area (Å²) in [4.78, 5) is 12.9. The molecule has 1 amide bonds. The molecule has 1 heterocycles. The van der Waals surface area contributed by atoms with E-state index in [9.17, 15) is 18.3 Å². The van der Waals surface area contributed by atoms with Gasteiger partial charge in [0.05, 0.1) is 17.4 Å². The van der Waals surface area contributed by atoms with Crippen LogP contribution in [0.1, 0.15) is 53.9 Å². The Bertz CT molecular complexity index is 1600. The number of nitrogens with one attached hydrogen (secondary N) is 2. The van der Waals surface area contributed by atoms with E-state index in [0.29, 0.717) is 23.5 Å². The van der Waals surface area contributed by atoms with Gasteiger partial charge in [-0.15, -0.1) is 12.4 Å². The average molecular weight is 635 g/mol. The molecular weight excluding hydrogens is 597 g/mol. The van der Waals surface area contributed by atoms with E-state index in [2.05, 4.69) is 34.3 Å². The Morgan fingerprint density at radius 3 is 2.40 bits per heavy atom. The lowest BCUT2D eigenvalue weighted by Gasteiger charge is -2.13. The number of fused-ring (bicyclic) bond motifs is 1. The van der Waals surface area contributed by atoms with Crippen LogP contribution in [-0.2, 0) is 16.4 Å². The number of sulfonamides is 1. The van der Waals surface area contributed by atoms with Crippen molar-refractivity contribution in [2.24, 2.45) is 0 Å². The summed E-state index contributed by atoms with van der Waals surface area (Å²) in [6, 6.07) is 21.3. The van der Waals surface area contributed by atoms with Crippen molar-refractivity contribution in [2.75, 3.05) is 25.4 Å². The monoisotopic (exact) mass is 633 g/mol. The number of benzene rings is 3. The van der Waals surface area contributed by atoms with Crippen molar-refractivity contribution in [3.63, 3.8) is 0 Å². The number of carbonyl (C=O) groups is 1. The highest BCUT2D eigenvalue weighted by atomic mass is 35.5. The number of nitrogens with zero attached hydrogens (tertiary/aromatic N) is 1. The van der Waals surface area contributed by atoms with Crippen molar-refractivity contribution in [3.8, 4) is 11.1 Å². The number of aliphatic hydroxyl groups is 2. The fraction of sp³-hybridized carbons (Fsp3) is 0.323. The molecule has 0 spiro atoms. The molecule has 0 saturated heterocycles. The lowest BCUT2D eigenvalue weighted by molar-refractivity contribution is 0.0982. The van der Waals surface area contributed by atoms with Crippen LogP contribution in [0.3, 0.4) is 0 Å². The highest BCUT2D eigenvalue weighted by Crippen LogP contribution is 2.30. The molecule has 1 atom stereocenters. The van der Waals surface area contributed by atoms with Gasteiger partial charge in [-0.25, -0.2) is 13.1 Å². The van der Waals surface area contributed by atoms with E-state index in [1.807, 2.05) is 48.7 Å². The lowest BCUT2D eigenvalue weighted by Crippen LogP contribution is -2.32. The van der Waals surface area contributed by atoms with E-state index in [1.165, 1.54) is 0 Å². The van der Waals surface area contributed by atoms with Gasteiger partial charge < -0.3 is 20.1 Å². The van der Waals surface area contributed by atoms with Gasteiger partial charge in [-0.2, -0.15) is 0 Å². The number of amides is 1. The fourth-order valence-electron chi connectivity index (χ4n) is 4.71. The topological polar surface area (TPSA) is 121 Å². The zero-order valence-electron chi connectivity index (χ0n) is 23.6. The smallest absolute Gasteiger partial charge is 0.266 e. The van der Waals surface area contributed by atoms with Gasteiger partial charge in [0.2, 0.25) is 10.0 Å². The average Bonchev–Trinajstić information content (AvgIpc) is 3.34. The van der Waals surface area contributed by atoms with Crippen molar-refractivity contribution < 1.29 is 23.4 Å². The molecule has 0 aliphatic heterocycles. The standard InChI is InChI=1S/C31H36ClN3O5S.ClH/c1-21(2)35-20-28(31(38)34-41(39,40)16-4-15-36)27-12-11-24(18-29(27)35)23-9-7-22(8-10-23)13-14-33-19-30(37)25-5-3-6-26(32)17-25;/h3,5-12,17-18,20-21,30,33,36-37H,4,13-16,19H2,1-2H3,(H,34,38);1H/t30-;/m1./s1. The Labute approximate surface area is 258 Å². The molecule has 0 radical (unpaired) electrons. The summed E-state index contributed by atoms with van der Waals surface area (Å²) in [5, 5.41) is 23.9. The van der Waals surface area contributed by atoms with Gasteiger partial charge in [0.1, 0.15) is 0 Å². The maximum absolute atomic E-state index is 12.9. The number of aliphatic hydroxyl groups excluding tert-OH is 2. The summed E-state index contributed by atoms with van der Waals surface area (Å²) in [5.74, 6) is -1.00. The van der Waals surface area contributed by atoms with Crippen LogP contribution in [-0.4, -0.2) is 54.6 Å². The van der Waals surface area contributed by atoms with E-state index in [4.69, 9.17) is 16.7 Å². The van der Waals surface area contributed by atoms with Crippen molar-refractivity contribution in [3.05, 3.63) is 94.6 Å². The van der Waals surface area contributed by atoms with E-state index < -0.39 is 22.0 Å². The number of carbonyl (C=O) groups excluding carboxylic acids is 1. The molecule has 0 saturated carbocycles. The van der Waals surface area contributed by atoms with Crippen LogP contribution in [0, 0.1) is 0 Å². The number of hydrogen-bond donors (Lipinski definition) is 4. The molecule has 0 fully saturated rings. The molecule has 1 aromatic heterocycles. The summed E-state index contributed by atoms with van der Waals surface area (Å²) in [7, 11) is -3.84. The van der Waals surface area contributed by atoms with Gasteiger partial charge in [-0.1, -0.05) is 60.1 Å². The van der Waals surface area contributed by atoms with E-state index in [1.54, 1.807) is 18.3 Å². The molecule has 0 aliphatic carbocycles. The third-order valence-corrected chi connectivity index (χ3v) is 8.46. The molecule has 8 nitrogen and oxygen atoms in total. The largest absolute Gasteiger partial charge is 0.396 e. The molecule has 42 heavy (non-hydrogen) atoms. The van der Waals surface area contributed by atoms with Gasteiger partial charge in [0.15, 0.2) is 0 Å². The first-order chi connectivity index (χ1) is 19.6. The normalized spacial score (nSPS) is 12.3. The van der Waals surface area contributed by atoms with Crippen LogP contribution in [0.2, 0.25) is 5.02 Å². The SMILES string of the molecule is CC(C)n1cc(C(=O)NS(=O)(=O)CCCO)c2ccc(-c3ccc(CCNC[C@@H](O)c4cccc(Cl)c4)cc3)cc21.Cl. The summed E-state index contributed by atoms with van der Waals surface area (Å²) >= 11 is 6.01. The second-order valence-corrected chi connectivity index (χ2v) is 12.6. The van der Waals surface area contributed by atoms with Crippen LogP contribution in [0.5, 0.6) is 0 Å². The summed E-state index contributed by atoms with van der Waals surface area (Å²) in [6.45, 7) is 4.89. The van der Waals surface area contributed by atoms with Crippen LogP contribution in [0.4, 0.5) is 0 Å². The molecular formula is C31H37Cl2N3O5S. The van der Waals surface area contributed by atoms with Crippen molar-refractivity contribution in [1.82, 2.24) is 14.6 Å². The second-order valence-electron chi connectivity index (χ2n) is 10.3. The molecule has 3 aromatic carbocycles. The van der Waals surface area contributed by atoms with Crippen LogP contribution in [0.25, 0.3) is 22.0 Å². The number of aromatic nitrogens is 1. The predicted molar refractivity (Wildman–Crippen MR) is 171 cm³/mol. The Kier molecular flexibility index (Phi) is 12.0. The zero-order valence-corrected chi connectivity index (χ0v) is 26.0. The molecule has 4 aromatic rings. The molecule has 0 unspecified atom stereocenters. The van der Waals surface area contributed by atoms with Crippen molar-refractivity contribution >= 4 is 50.8 Å². The zero-order chi connectivity index (χ0) is 29.6. The fourth-order valence-corrected chi connectivity index (χ4v) is 5.91. The minimum atomic E-state index is -3.84. The van der Waals surface area contributed by atoms with Crippen molar-refractivity contribution in [2.45, 2.75) is 38.8 Å². The van der Waals surface area contributed by atoms with Crippen LogP contribution >= 0.6 is 24.0 Å². The highest BCUT2D eigenvalue weighted by molar-refractivity contribution is 7.90. The Morgan fingerprint density at radius 1 is 1.02 bits per heavy atom. The number of rotatable bonds is 13. The molecule has 4 rings (SSSR count). The molecule has 226 valence electrons. The molecule has 0 aliphatic rings. The quantitative estimate of drug-likeness (QED) is 0.149. The number of hydrogen-bond acceptors (Lipinski definition) is 6. The van der Waals surface area contributed by atoms with Gasteiger partial charge in [0, 0.05) is 41.3 Å².